The number of allylic oxidation sites excluding steroid dienone is 1. The van der Waals surface area contributed by atoms with E-state index >= 15 is 0 Å². The molecule has 0 saturated carbocycles. The molecule has 18 heavy (non-hydrogen) atoms. The van der Waals surface area contributed by atoms with Gasteiger partial charge in [-0.3, -0.25) is 4.79 Å². The van der Waals surface area contributed by atoms with Crippen LogP contribution >= 0.6 is 0 Å². The molecular weight excluding hydrogens is 228 g/mol. The molecule has 0 saturated heterocycles. The Morgan fingerprint density at radius 3 is 2.78 bits per heavy atom. The molecule has 0 N–H and O–H groups in total. The predicted octanol–water partition coefficient (Wildman–Crippen LogP) is 3.17. The van der Waals surface area contributed by atoms with Crippen LogP contribution in [0.25, 0.3) is 16.8 Å². The van der Waals surface area contributed by atoms with Crippen LogP contribution in [0.1, 0.15) is 12.5 Å². The number of hydrogen-bond donors (Lipinski definition) is 0. The van der Waals surface area contributed by atoms with E-state index in [1.54, 1.807) is 13.2 Å². The fourth-order valence-corrected chi connectivity index (χ4v) is 2.22. The minimum atomic E-state index is -0.0755. The lowest BCUT2D eigenvalue weighted by molar-refractivity contribution is -0.115. The summed E-state index contributed by atoms with van der Waals surface area (Å²) in [6, 6.07) is 9.59. The van der Waals surface area contributed by atoms with Gasteiger partial charge in [-0.15, -0.1) is 0 Å². The van der Waals surface area contributed by atoms with Gasteiger partial charge in [0.15, 0.2) is 11.5 Å². The standard InChI is InChI=1S/C15H12O3/c1-9(16)14-8-10-6-7-12(17-2)11-4-3-5-13(18-14)15(10)11/h3-8H,1-2H3. The first-order chi connectivity index (χ1) is 8.70. The van der Waals surface area contributed by atoms with Gasteiger partial charge < -0.3 is 9.47 Å². The zero-order chi connectivity index (χ0) is 12.7. The predicted molar refractivity (Wildman–Crippen MR) is 69.8 cm³/mol. The van der Waals surface area contributed by atoms with Crippen molar-refractivity contribution in [1.82, 2.24) is 0 Å². The molecule has 2 aromatic rings. The van der Waals surface area contributed by atoms with Crippen molar-refractivity contribution in [3.63, 3.8) is 0 Å². The van der Waals surface area contributed by atoms with Crippen molar-refractivity contribution < 1.29 is 14.3 Å². The van der Waals surface area contributed by atoms with E-state index < -0.39 is 0 Å². The molecule has 0 amide bonds. The molecule has 0 radical (unpaired) electrons. The third-order valence-electron chi connectivity index (χ3n) is 3.07. The van der Waals surface area contributed by atoms with Crippen molar-refractivity contribution in [1.29, 1.82) is 0 Å². The molecule has 90 valence electrons. The van der Waals surface area contributed by atoms with Gasteiger partial charge in [0.25, 0.3) is 0 Å². The summed E-state index contributed by atoms with van der Waals surface area (Å²) in [5.41, 5.74) is 0.984. The first-order valence-electron chi connectivity index (χ1n) is 5.71. The van der Waals surface area contributed by atoms with E-state index in [0.717, 1.165) is 22.1 Å². The molecular formula is C15H12O3. The molecule has 0 aromatic heterocycles. The third-order valence-corrected chi connectivity index (χ3v) is 3.07. The number of methoxy groups -OCH3 is 1. The van der Waals surface area contributed by atoms with Crippen molar-refractivity contribution in [3.05, 3.63) is 41.7 Å². The van der Waals surface area contributed by atoms with Gasteiger partial charge in [-0.2, -0.15) is 0 Å². The second kappa shape index (κ2) is 3.88. The van der Waals surface area contributed by atoms with Gasteiger partial charge in [0.2, 0.25) is 0 Å². The fourth-order valence-electron chi connectivity index (χ4n) is 2.22. The second-order valence-electron chi connectivity index (χ2n) is 4.20. The van der Waals surface area contributed by atoms with Crippen LogP contribution in [0.3, 0.4) is 0 Å². The lowest BCUT2D eigenvalue weighted by Gasteiger charge is -2.18. The summed E-state index contributed by atoms with van der Waals surface area (Å²) in [5.74, 6) is 1.81. The Bertz CT molecular complexity index is 683. The number of benzene rings is 2. The average Bonchev–Trinajstić information content (AvgIpc) is 2.39. The summed E-state index contributed by atoms with van der Waals surface area (Å²) in [6.07, 6.45) is 1.77. The maximum atomic E-state index is 11.4. The van der Waals surface area contributed by atoms with Crippen molar-refractivity contribution in [2.75, 3.05) is 7.11 Å². The number of carbonyl (C=O) groups excluding carboxylic acids is 1. The molecule has 3 rings (SSSR count). The molecule has 0 aliphatic carbocycles. The normalized spacial score (nSPS) is 12.9. The van der Waals surface area contributed by atoms with Gasteiger partial charge in [0, 0.05) is 17.7 Å². The maximum absolute atomic E-state index is 11.4. The monoisotopic (exact) mass is 240 g/mol. The van der Waals surface area contributed by atoms with Crippen LogP contribution < -0.4 is 9.47 Å². The maximum Gasteiger partial charge on any atom is 0.194 e. The number of ether oxygens (including phenoxy) is 2. The van der Waals surface area contributed by atoms with Gasteiger partial charge >= 0.3 is 0 Å². The summed E-state index contributed by atoms with van der Waals surface area (Å²) < 4.78 is 11.0. The number of ketones is 1. The highest BCUT2D eigenvalue weighted by Crippen LogP contribution is 2.39. The highest BCUT2D eigenvalue weighted by molar-refractivity contribution is 6.05. The van der Waals surface area contributed by atoms with E-state index in [2.05, 4.69) is 0 Å². The topological polar surface area (TPSA) is 35.5 Å². The van der Waals surface area contributed by atoms with Gasteiger partial charge in [-0.25, -0.2) is 0 Å². The van der Waals surface area contributed by atoms with Crippen molar-refractivity contribution in [2.24, 2.45) is 0 Å². The van der Waals surface area contributed by atoms with Gasteiger partial charge in [0.1, 0.15) is 11.5 Å². The fraction of sp³-hybridized carbons (Fsp3) is 0.133. The molecule has 3 heteroatoms. The summed E-state index contributed by atoms with van der Waals surface area (Å²) >= 11 is 0. The molecule has 0 spiro atoms. The summed E-state index contributed by atoms with van der Waals surface area (Å²) in [5, 5.41) is 1.98. The van der Waals surface area contributed by atoms with Crippen molar-refractivity contribution in [2.45, 2.75) is 6.92 Å². The highest BCUT2D eigenvalue weighted by atomic mass is 16.5. The van der Waals surface area contributed by atoms with Crippen LogP contribution in [0.15, 0.2) is 36.1 Å². The molecule has 0 fully saturated rings. The van der Waals surface area contributed by atoms with Gasteiger partial charge in [-0.1, -0.05) is 18.2 Å². The Morgan fingerprint density at radius 1 is 1.22 bits per heavy atom. The van der Waals surface area contributed by atoms with Crippen LogP contribution in [0.5, 0.6) is 11.5 Å². The Kier molecular flexibility index (Phi) is 2.33. The second-order valence-corrected chi connectivity index (χ2v) is 4.20. The molecule has 0 bridgehead atoms. The quantitative estimate of drug-likeness (QED) is 0.808. The molecule has 1 aliphatic rings. The van der Waals surface area contributed by atoms with Crippen LogP contribution in [-0.4, -0.2) is 12.9 Å². The van der Waals surface area contributed by atoms with E-state index in [-0.39, 0.29) is 5.78 Å². The summed E-state index contributed by atoms with van der Waals surface area (Å²) in [7, 11) is 1.64. The van der Waals surface area contributed by atoms with Gasteiger partial charge in [0.05, 0.1) is 7.11 Å². The number of Topliss-reactive ketones (excluding diaryl/α,β-unsaturated/α-hetero) is 1. The third kappa shape index (κ3) is 1.48. The first-order valence-corrected chi connectivity index (χ1v) is 5.71. The Morgan fingerprint density at radius 2 is 2.06 bits per heavy atom. The lowest BCUT2D eigenvalue weighted by Crippen LogP contribution is -2.08. The molecule has 1 heterocycles. The van der Waals surface area contributed by atoms with Crippen LogP contribution in [-0.2, 0) is 4.79 Å². The summed E-state index contributed by atoms with van der Waals surface area (Å²) in [6.45, 7) is 1.50. The van der Waals surface area contributed by atoms with Crippen LogP contribution in [0, 0.1) is 0 Å². The smallest absolute Gasteiger partial charge is 0.194 e. The Hall–Kier alpha value is -2.29. The number of carbonyl (C=O) groups is 1. The summed E-state index contributed by atoms with van der Waals surface area (Å²) in [4.78, 5) is 11.4. The Labute approximate surface area is 105 Å². The van der Waals surface area contributed by atoms with E-state index in [9.17, 15) is 4.79 Å². The lowest BCUT2D eigenvalue weighted by atomic mass is 10.00. The van der Waals surface area contributed by atoms with Crippen molar-refractivity contribution >= 4 is 22.6 Å². The Balaban J connectivity index is 2.35. The zero-order valence-corrected chi connectivity index (χ0v) is 10.2. The average molecular weight is 240 g/mol. The van der Waals surface area contributed by atoms with Crippen LogP contribution in [0.4, 0.5) is 0 Å². The first kappa shape index (κ1) is 10.8. The molecule has 3 nitrogen and oxygen atoms in total. The van der Waals surface area contributed by atoms with E-state index in [1.165, 1.54) is 6.92 Å². The largest absolute Gasteiger partial charge is 0.496 e. The van der Waals surface area contributed by atoms with E-state index in [0.29, 0.717) is 11.5 Å². The minimum absolute atomic E-state index is 0.0755. The highest BCUT2D eigenvalue weighted by Gasteiger charge is 2.18. The van der Waals surface area contributed by atoms with Gasteiger partial charge in [-0.05, 0) is 23.8 Å². The zero-order valence-electron chi connectivity index (χ0n) is 10.2. The number of rotatable bonds is 2. The molecule has 0 atom stereocenters. The van der Waals surface area contributed by atoms with Crippen LogP contribution in [0.2, 0.25) is 0 Å². The van der Waals surface area contributed by atoms with E-state index in [4.69, 9.17) is 9.47 Å². The molecule has 1 aliphatic heterocycles. The number of hydrogen-bond acceptors (Lipinski definition) is 3. The molecule has 2 aromatic carbocycles. The van der Waals surface area contributed by atoms with E-state index in [1.807, 2.05) is 30.3 Å². The van der Waals surface area contributed by atoms with Crippen molar-refractivity contribution in [3.8, 4) is 11.5 Å². The minimum Gasteiger partial charge on any atom is -0.496 e. The SMILES string of the molecule is COc1ccc2c3c(cccc13)OC(C(C)=O)=C2. The molecule has 0 unspecified atom stereocenters.